The number of likely N-dealkylation sites (N-methyl/N-ethyl adjacent to an activating group) is 1. The first-order valence-corrected chi connectivity index (χ1v) is 5.52. The van der Waals surface area contributed by atoms with E-state index in [0.717, 1.165) is 0 Å². The van der Waals surface area contributed by atoms with Crippen LogP contribution in [0.3, 0.4) is 0 Å². The average Bonchev–Trinajstić information content (AvgIpc) is 2.94. The Labute approximate surface area is 98.9 Å². The van der Waals surface area contributed by atoms with E-state index in [9.17, 15) is 4.79 Å². The second-order valence-corrected chi connectivity index (χ2v) is 3.99. The van der Waals surface area contributed by atoms with Crippen molar-refractivity contribution in [2.45, 2.75) is 19.5 Å². The number of nitrogens with zero attached hydrogens (tertiary/aromatic N) is 2. The van der Waals surface area contributed by atoms with Gasteiger partial charge in [0.2, 0.25) is 11.8 Å². The van der Waals surface area contributed by atoms with Crippen LogP contribution in [0.5, 0.6) is 0 Å². The van der Waals surface area contributed by atoms with Crippen LogP contribution in [-0.4, -0.2) is 42.4 Å². The Balaban J connectivity index is 1.84. The molecule has 1 aromatic rings. The second kappa shape index (κ2) is 5.24. The quantitative estimate of drug-likeness (QED) is 0.718. The van der Waals surface area contributed by atoms with Crippen molar-refractivity contribution in [2.24, 2.45) is 5.92 Å². The van der Waals surface area contributed by atoms with Gasteiger partial charge in [0.05, 0.1) is 25.7 Å². The number of ether oxygens (including phenoxy) is 1. The molecule has 2 atom stereocenters. The van der Waals surface area contributed by atoms with Crippen LogP contribution in [0.15, 0.2) is 4.52 Å². The summed E-state index contributed by atoms with van der Waals surface area (Å²) < 4.78 is 10.2. The predicted octanol–water partition coefficient (Wildman–Crippen LogP) is -0.771. The molecule has 2 heterocycles. The molecule has 7 heteroatoms. The maximum absolute atomic E-state index is 11.9. The van der Waals surface area contributed by atoms with E-state index in [1.165, 1.54) is 0 Å². The average molecular weight is 240 g/mol. The maximum atomic E-state index is 11.9. The fourth-order valence-corrected chi connectivity index (χ4v) is 1.80. The van der Waals surface area contributed by atoms with E-state index in [1.807, 2.05) is 7.05 Å². The summed E-state index contributed by atoms with van der Waals surface area (Å²) in [4.78, 5) is 15.9. The largest absolute Gasteiger partial charge is 0.379 e. The molecule has 94 valence electrons. The van der Waals surface area contributed by atoms with Crippen LogP contribution in [0, 0.1) is 12.8 Å². The molecule has 1 saturated heterocycles. The first-order valence-electron chi connectivity index (χ1n) is 5.52. The zero-order valence-corrected chi connectivity index (χ0v) is 9.90. The third-order valence-electron chi connectivity index (χ3n) is 2.77. The third kappa shape index (κ3) is 2.80. The van der Waals surface area contributed by atoms with Crippen molar-refractivity contribution in [3.05, 3.63) is 11.7 Å². The molecule has 0 bridgehead atoms. The fourth-order valence-electron chi connectivity index (χ4n) is 1.80. The Hall–Kier alpha value is -1.47. The molecule has 0 radical (unpaired) electrons. The number of nitrogens with one attached hydrogen (secondary N) is 2. The van der Waals surface area contributed by atoms with Gasteiger partial charge in [-0.2, -0.15) is 4.98 Å². The van der Waals surface area contributed by atoms with Crippen molar-refractivity contribution < 1.29 is 14.1 Å². The van der Waals surface area contributed by atoms with Crippen LogP contribution < -0.4 is 10.6 Å². The summed E-state index contributed by atoms with van der Waals surface area (Å²) in [5.74, 6) is 0.754. The van der Waals surface area contributed by atoms with Crippen LogP contribution >= 0.6 is 0 Å². The van der Waals surface area contributed by atoms with Crippen molar-refractivity contribution in [2.75, 3.05) is 20.3 Å². The number of hydrogen-bond donors (Lipinski definition) is 2. The summed E-state index contributed by atoms with van der Waals surface area (Å²) in [6.07, 6.45) is 0. The van der Waals surface area contributed by atoms with E-state index in [1.54, 1.807) is 6.92 Å². The molecule has 0 spiro atoms. The van der Waals surface area contributed by atoms with Crippen molar-refractivity contribution >= 4 is 5.91 Å². The van der Waals surface area contributed by atoms with Gasteiger partial charge >= 0.3 is 0 Å². The fraction of sp³-hybridized carbons (Fsp3) is 0.700. The van der Waals surface area contributed by atoms with Gasteiger partial charge in [-0.05, 0) is 14.0 Å². The lowest BCUT2D eigenvalue weighted by Gasteiger charge is -2.15. The zero-order valence-electron chi connectivity index (χ0n) is 9.90. The van der Waals surface area contributed by atoms with Gasteiger partial charge in [-0.15, -0.1) is 0 Å². The number of carbonyl (C=O) groups excluding carboxylic acids is 1. The van der Waals surface area contributed by atoms with Crippen LogP contribution in [0.1, 0.15) is 11.7 Å². The van der Waals surface area contributed by atoms with Gasteiger partial charge in [0.1, 0.15) is 0 Å². The van der Waals surface area contributed by atoms with Gasteiger partial charge in [-0.3, -0.25) is 4.79 Å². The Morgan fingerprint density at radius 3 is 3.00 bits per heavy atom. The minimum absolute atomic E-state index is 0.0577. The Morgan fingerprint density at radius 1 is 1.53 bits per heavy atom. The number of rotatable bonds is 4. The lowest BCUT2D eigenvalue weighted by Crippen LogP contribution is -2.42. The molecule has 7 nitrogen and oxygen atoms in total. The number of hydrogen-bond acceptors (Lipinski definition) is 6. The lowest BCUT2D eigenvalue weighted by molar-refractivity contribution is -0.125. The summed E-state index contributed by atoms with van der Waals surface area (Å²) in [7, 11) is 1.82. The molecule has 2 unspecified atom stereocenters. The van der Waals surface area contributed by atoms with Crippen molar-refractivity contribution in [1.29, 1.82) is 0 Å². The van der Waals surface area contributed by atoms with Gasteiger partial charge in [-0.1, -0.05) is 5.16 Å². The molecule has 1 fully saturated rings. The first-order chi connectivity index (χ1) is 8.20. The Morgan fingerprint density at radius 2 is 2.35 bits per heavy atom. The summed E-state index contributed by atoms with van der Waals surface area (Å²) in [6, 6.07) is 0.0689. The highest BCUT2D eigenvalue weighted by Crippen LogP contribution is 2.13. The summed E-state index contributed by atoms with van der Waals surface area (Å²) in [6.45, 7) is 3.00. The highest BCUT2D eigenvalue weighted by molar-refractivity contribution is 5.79. The van der Waals surface area contributed by atoms with Gasteiger partial charge < -0.3 is 19.9 Å². The molecule has 0 saturated carbocycles. The van der Waals surface area contributed by atoms with Crippen molar-refractivity contribution in [3.63, 3.8) is 0 Å². The topological polar surface area (TPSA) is 89.3 Å². The molecular formula is C10H16N4O3. The second-order valence-electron chi connectivity index (χ2n) is 3.99. The monoisotopic (exact) mass is 240 g/mol. The van der Waals surface area contributed by atoms with Gasteiger partial charge in [0, 0.05) is 6.04 Å². The van der Waals surface area contributed by atoms with Crippen LogP contribution in [0.25, 0.3) is 0 Å². The molecular weight excluding hydrogens is 224 g/mol. The minimum atomic E-state index is -0.163. The van der Waals surface area contributed by atoms with Gasteiger partial charge in [0.15, 0.2) is 5.82 Å². The van der Waals surface area contributed by atoms with Crippen LogP contribution in [0.2, 0.25) is 0 Å². The van der Waals surface area contributed by atoms with E-state index in [-0.39, 0.29) is 24.4 Å². The molecule has 1 aliphatic rings. The lowest BCUT2D eigenvalue weighted by atomic mass is 10.0. The Bertz CT molecular complexity index is 393. The SMILES string of the molecule is CNC1COCC1C(=O)NCc1nc(C)no1. The molecule has 0 aliphatic carbocycles. The Kier molecular flexibility index (Phi) is 3.70. The van der Waals surface area contributed by atoms with Gasteiger partial charge in [-0.25, -0.2) is 0 Å². The molecule has 1 aliphatic heterocycles. The molecule has 1 aromatic heterocycles. The number of aryl methyl sites for hydroxylation is 1. The summed E-state index contributed by atoms with van der Waals surface area (Å²) in [5.41, 5.74) is 0. The number of aromatic nitrogens is 2. The van der Waals surface area contributed by atoms with E-state index in [4.69, 9.17) is 9.26 Å². The van der Waals surface area contributed by atoms with E-state index < -0.39 is 0 Å². The number of amides is 1. The van der Waals surface area contributed by atoms with Crippen molar-refractivity contribution in [1.82, 2.24) is 20.8 Å². The van der Waals surface area contributed by atoms with E-state index in [2.05, 4.69) is 20.8 Å². The first kappa shape index (κ1) is 12.0. The van der Waals surface area contributed by atoms with Crippen molar-refractivity contribution in [3.8, 4) is 0 Å². The van der Waals surface area contributed by atoms with Crippen LogP contribution in [-0.2, 0) is 16.1 Å². The molecule has 0 aromatic carbocycles. The smallest absolute Gasteiger partial charge is 0.246 e. The molecule has 17 heavy (non-hydrogen) atoms. The van der Waals surface area contributed by atoms with E-state index in [0.29, 0.717) is 24.9 Å². The molecule has 1 amide bonds. The zero-order chi connectivity index (χ0) is 12.3. The maximum Gasteiger partial charge on any atom is 0.246 e. The summed E-state index contributed by atoms with van der Waals surface area (Å²) >= 11 is 0. The molecule has 2 N–H and O–H groups in total. The van der Waals surface area contributed by atoms with Crippen LogP contribution in [0.4, 0.5) is 0 Å². The van der Waals surface area contributed by atoms with Gasteiger partial charge in [0.25, 0.3) is 0 Å². The number of carbonyl (C=O) groups is 1. The normalized spacial score (nSPS) is 23.9. The standard InChI is InChI=1S/C10H16N4O3/c1-6-13-9(17-14-6)3-12-10(15)7-4-16-5-8(7)11-2/h7-8,11H,3-5H2,1-2H3,(H,12,15). The summed E-state index contributed by atoms with van der Waals surface area (Å²) in [5, 5.41) is 9.47. The predicted molar refractivity (Wildman–Crippen MR) is 58.0 cm³/mol. The third-order valence-corrected chi connectivity index (χ3v) is 2.77. The highest BCUT2D eigenvalue weighted by atomic mass is 16.5. The molecule has 2 rings (SSSR count). The highest BCUT2D eigenvalue weighted by Gasteiger charge is 2.32. The van der Waals surface area contributed by atoms with E-state index >= 15 is 0 Å². The minimum Gasteiger partial charge on any atom is -0.379 e.